The lowest BCUT2D eigenvalue weighted by Crippen LogP contribution is -2.41. The molecule has 0 aliphatic carbocycles. The van der Waals surface area contributed by atoms with Crippen LogP contribution in [0.5, 0.6) is 0 Å². The van der Waals surface area contributed by atoms with Crippen molar-refractivity contribution in [2.45, 2.75) is 24.2 Å². The van der Waals surface area contributed by atoms with Crippen LogP contribution in [-0.4, -0.2) is 42.8 Å². The first-order valence-electron chi connectivity index (χ1n) is 10.6. The number of benzene rings is 2. The molecule has 3 aromatic rings. The molecular weight excluding hydrogens is 410 g/mol. The predicted molar refractivity (Wildman–Crippen MR) is 120 cm³/mol. The Kier molecular flexibility index (Phi) is 6.53. The van der Waals surface area contributed by atoms with E-state index in [0.29, 0.717) is 36.9 Å². The van der Waals surface area contributed by atoms with Crippen molar-refractivity contribution in [3.63, 3.8) is 0 Å². The van der Waals surface area contributed by atoms with Crippen LogP contribution in [0.15, 0.2) is 84.0 Å². The van der Waals surface area contributed by atoms with Gasteiger partial charge in [0.25, 0.3) is 0 Å². The second-order valence-corrected chi connectivity index (χ2v) is 9.84. The highest BCUT2D eigenvalue weighted by atomic mass is 32.2. The average Bonchev–Trinajstić information content (AvgIpc) is 3.34. The number of nitrogens with zero attached hydrogens (tertiary/aromatic N) is 2. The quantitative estimate of drug-likeness (QED) is 0.617. The summed E-state index contributed by atoms with van der Waals surface area (Å²) in [5.41, 5.74) is 2.03. The van der Waals surface area contributed by atoms with Gasteiger partial charge < -0.3 is 9.88 Å². The Morgan fingerprint density at radius 2 is 1.55 bits per heavy atom. The summed E-state index contributed by atoms with van der Waals surface area (Å²) >= 11 is 0. The van der Waals surface area contributed by atoms with Gasteiger partial charge in [-0.2, -0.15) is 4.31 Å². The standard InChI is InChI=1S/C24H27N3O3S/c28-24(18-20-8-10-22(11-9-20)26-14-4-5-15-26)25-19-21-12-16-27(17-13-21)31(29,30)23-6-2-1-3-7-23/h1-11,14-15,21H,12-13,16-19H2,(H,25,28). The fourth-order valence-corrected chi connectivity index (χ4v) is 5.38. The maximum Gasteiger partial charge on any atom is 0.243 e. The van der Waals surface area contributed by atoms with Crippen molar-refractivity contribution >= 4 is 15.9 Å². The zero-order valence-electron chi connectivity index (χ0n) is 17.4. The number of aromatic nitrogens is 1. The molecule has 0 saturated carbocycles. The first-order valence-corrected chi connectivity index (χ1v) is 12.0. The Balaban J connectivity index is 1.23. The van der Waals surface area contributed by atoms with Crippen LogP contribution >= 0.6 is 0 Å². The molecule has 1 aromatic heterocycles. The van der Waals surface area contributed by atoms with E-state index in [1.54, 1.807) is 28.6 Å². The van der Waals surface area contributed by atoms with Crippen LogP contribution < -0.4 is 5.32 Å². The highest BCUT2D eigenvalue weighted by Crippen LogP contribution is 2.23. The Hall–Kier alpha value is -2.90. The van der Waals surface area contributed by atoms with Crippen LogP contribution in [0, 0.1) is 5.92 Å². The average molecular weight is 438 g/mol. The van der Waals surface area contributed by atoms with Gasteiger partial charge >= 0.3 is 0 Å². The fraction of sp³-hybridized carbons (Fsp3) is 0.292. The van der Waals surface area contributed by atoms with E-state index >= 15 is 0 Å². The van der Waals surface area contributed by atoms with Gasteiger partial charge in [0.1, 0.15) is 0 Å². The molecule has 6 nitrogen and oxygen atoms in total. The molecule has 1 fully saturated rings. The molecule has 1 N–H and O–H groups in total. The van der Waals surface area contributed by atoms with Gasteiger partial charge in [0.2, 0.25) is 15.9 Å². The molecule has 0 radical (unpaired) electrons. The minimum atomic E-state index is -3.43. The smallest absolute Gasteiger partial charge is 0.243 e. The Bertz CT molecular complexity index is 1090. The van der Waals surface area contributed by atoms with Crippen LogP contribution in [0.2, 0.25) is 0 Å². The third kappa shape index (κ3) is 5.24. The third-order valence-electron chi connectivity index (χ3n) is 5.75. The van der Waals surface area contributed by atoms with Gasteiger partial charge in [-0.25, -0.2) is 8.42 Å². The van der Waals surface area contributed by atoms with E-state index in [4.69, 9.17) is 0 Å². The van der Waals surface area contributed by atoms with Crippen molar-refractivity contribution in [3.8, 4) is 5.69 Å². The number of hydrogen-bond donors (Lipinski definition) is 1. The number of piperidine rings is 1. The summed E-state index contributed by atoms with van der Waals surface area (Å²) < 4.78 is 29.0. The van der Waals surface area contributed by atoms with E-state index in [-0.39, 0.29) is 5.91 Å². The van der Waals surface area contributed by atoms with Crippen LogP contribution in [0.4, 0.5) is 0 Å². The third-order valence-corrected chi connectivity index (χ3v) is 7.66. The summed E-state index contributed by atoms with van der Waals surface area (Å²) in [6, 6.07) is 20.5. The molecule has 0 atom stereocenters. The van der Waals surface area contributed by atoms with E-state index in [2.05, 4.69) is 5.32 Å². The summed E-state index contributed by atoms with van der Waals surface area (Å²) in [4.78, 5) is 12.7. The minimum Gasteiger partial charge on any atom is -0.356 e. The lowest BCUT2D eigenvalue weighted by Gasteiger charge is -2.31. The molecule has 0 bridgehead atoms. The number of sulfonamides is 1. The van der Waals surface area contributed by atoms with E-state index < -0.39 is 10.0 Å². The van der Waals surface area contributed by atoms with Crippen molar-refractivity contribution in [3.05, 3.63) is 84.7 Å². The molecule has 1 aliphatic rings. The minimum absolute atomic E-state index is 0.00643. The van der Waals surface area contributed by atoms with Gasteiger partial charge in [0.15, 0.2) is 0 Å². The summed E-state index contributed by atoms with van der Waals surface area (Å²) in [5.74, 6) is 0.287. The van der Waals surface area contributed by atoms with E-state index in [1.165, 1.54) is 0 Å². The molecule has 2 heterocycles. The van der Waals surface area contributed by atoms with Gasteiger partial charge in [-0.15, -0.1) is 0 Å². The maximum absolute atomic E-state index is 12.7. The SMILES string of the molecule is O=C(Cc1ccc(-n2cccc2)cc1)NCC1CCN(S(=O)(=O)c2ccccc2)CC1. The van der Waals surface area contributed by atoms with Gasteiger partial charge in [-0.1, -0.05) is 30.3 Å². The first-order chi connectivity index (χ1) is 15.0. The van der Waals surface area contributed by atoms with Crippen LogP contribution in [0.3, 0.4) is 0 Å². The molecular formula is C24H27N3O3S. The maximum atomic E-state index is 12.7. The second kappa shape index (κ2) is 9.49. The largest absolute Gasteiger partial charge is 0.356 e. The number of nitrogens with one attached hydrogen (secondary N) is 1. The van der Waals surface area contributed by atoms with Gasteiger partial charge in [0, 0.05) is 37.7 Å². The molecule has 0 spiro atoms. The topological polar surface area (TPSA) is 71.4 Å². The summed E-state index contributed by atoms with van der Waals surface area (Å²) in [5, 5.41) is 3.02. The van der Waals surface area contributed by atoms with Gasteiger partial charge in [-0.05, 0) is 60.7 Å². The Morgan fingerprint density at radius 1 is 0.903 bits per heavy atom. The molecule has 162 valence electrons. The van der Waals surface area contributed by atoms with E-state index in [9.17, 15) is 13.2 Å². The van der Waals surface area contributed by atoms with Crippen LogP contribution in [0.1, 0.15) is 18.4 Å². The highest BCUT2D eigenvalue weighted by molar-refractivity contribution is 7.89. The van der Waals surface area contributed by atoms with Crippen LogP contribution in [-0.2, 0) is 21.2 Å². The van der Waals surface area contributed by atoms with E-state index in [1.807, 2.05) is 59.4 Å². The van der Waals surface area contributed by atoms with Crippen LogP contribution in [0.25, 0.3) is 5.69 Å². The summed E-state index contributed by atoms with van der Waals surface area (Å²) in [7, 11) is -3.43. The Morgan fingerprint density at radius 3 is 2.19 bits per heavy atom. The van der Waals surface area contributed by atoms with Crippen molar-refractivity contribution in [2.24, 2.45) is 5.92 Å². The molecule has 1 aliphatic heterocycles. The van der Waals surface area contributed by atoms with Crippen molar-refractivity contribution in [1.82, 2.24) is 14.2 Å². The number of rotatable bonds is 7. The zero-order valence-corrected chi connectivity index (χ0v) is 18.2. The molecule has 4 rings (SSSR count). The van der Waals surface area contributed by atoms with Crippen molar-refractivity contribution < 1.29 is 13.2 Å². The molecule has 1 amide bonds. The number of amides is 1. The molecule has 7 heteroatoms. The van der Waals surface area contributed by atoms with Crippen molar-refractivity contribution in [2.75, 3.05) is 19.6 Å². The molecule has 0 unspecified atom stereocenters. The zero-order chi connectivity index (χ0) is 21.7. The second-order valence-electron chi connectivity index (χ2n) is 7.90. The number of carbonyl (C=O) groups excluding carboxylic acids is 1. The summed E-state index contributed by atoms with van der Waals surface area (Å²) in [6.07, 6.45) is 5.80. The normalized spacial score (nSPS) is 15.6. The molecule has 2 aromatic carbocycles. The van der Waals surface area contributed by atoms with Gasteiger partial charge in [0.05, 0.1) is 11.3 Å². The predicted octanol–water partition coefficient (Wildman–Crippen LogP) is 3.24. The monoisotopic (exact) mass is 437 g/mol. The Labute approximate surface area is 183 Å². The lowest BCUT2D eigenvalue weighted by molar-refractivity contribution is -0.120. The number of hydrogen-bond acceptors (Lipinski definition) is 3. The summed E-state index contributed by atoms with van der Waals surface area (Å²) in [6.45, 7) is 1.55. The lowest BCUT2D eigenvalue weighted by atomic mass is 9.98. The molecule has 31 heavy (non-hydrogen) atoms. The molecule has 1 saturated heterocycles. The highest BCUT2D eigenvalue weighted by Gasteiger charge is 2.29. The first kappa shape index (κ1) is 21.3. The number of carbonyl (C=O) groups is 1. The fourth-order valence-electron chi connectivity index (χ4n) is 3.89. The van der Waals surface area contributed by atoms with E-state index in [0.717, 1.165) is 24.1 Å². The van der Waals surface area contributed by atoms with Crippen molar-refractivity contribution in [1.29, 1.82) is 0 Å². The van der Waals surface area contributed by atoms with Gasteiger partial charge in [-0.3, -0.25) is 4.79 Å².